The van der Waals surface area contributed by atoms with E-state index in [0.717, 1.165) is 6.42 Å². The van der Waals surface area contributed by atoms with Gasteiger partial charge in [0.05, 0.1) is 26.0 Å². The molecule has 0 spiro atoms. The number of amides is 2. The number of carbonyl (C=O) groups excluding carboxylic acids is 2. The highest BCUT2D eigenvalue weighted by Crippen LogP contribution is 2.27. The second-order valence-electron chi connectivity index (χ2n) is 4.81. The van der Waals surface area contributed by atoms with Crippen LogP contribution in [-0.4, -0.2) is 52.8 Å². The molecule has 1 rings (SSSR count). The fraction of sp³-hybridized carbons (Fsp3) is 0.875. The maximum Gasteiger partial charge on any atom is 0.337 e. The molecule has 1 heterocycles. The van der Waals surface area contributed by atoms with Crippen LogP contribution >= 0.6 is 0 Å². The van der Waals surface area contributed by atoms with E-state index in [-0.39, 0.29) is 65.2 Å². The zero-order valence-electron chi connectivity index (χ0n) is 11.0. The number of aliphatic hydroxyl groups excluding tert-OH is 1. The monoisotopic (exact) mass is 307 g/mol. The fourth-order valence-corrected chi connectivity index (χ4v) is 2.26. The number of hydrogen-bond donors (Lipinski definition) is 1. The topological polar surface area (TPSA) is 57.6 Å². The average Bonchev–Trinajstić information content (AvgIpc) is 2.24. The summed E-state index contributed by atoms with van der Waals surface area (Å²) >= 11 is 0. The predicted molar refractivity (Wildman–Crippen MR) is 90.5 cm³/mol. The Morgan fingerprint density at radius 1 is 1.14 bits per heavy atom. The highest BCUT2D eigenvalue weighted by Gasteiger charge is 2.50. The minimum atomic E-state index is -0.151. The Bertz CT molecular complexity index is 300. The number of likely N-dealkylation sites (tertiary alicyclic amines) is 1. The minimum Gasteiger partial charge on any atom is -0.394 e. The molecule has 5 heteroatoms. The van der Waals surface area contributed by atoms with Crippen molar-refractivity contribution in [2.75, 3.05) is 26.2 Å². The molecule has 0 aromatic heterocycles. The van der Waals surface area contributed by atoms with Crippen molar-refractivity contribution in [1.82, 2.24) is 5.01 Å². The SMILES string of the molecule is C.C.C.C.CCC(=O)[N+]1(N(CCO)C(=O)C(C)C)CCC1. The summed E-state index contributed by atoms with van der Waals surface area (Å²) in [6.45, 7) is 6.96. The van der Waals surface area contributed by atoms with Gasteiger partial charge in [-0.2, -0.15) is 9.60 Å². The zero-order valence-corrected chi connectivity index (χ0v) is 11.0. The van der Waals surface area contributed by atoms with Gasteiger partial charge in [0.2, 0.25) is 0 Å². The molecule has 0 bridgehead atoms. The van der Waals surface area contributed by atoms with Gasteiger partial charge in [0.15, 0.2) is 0 Å². The molecule has 0 radical (unpaired) electrons. The molecule has 0 unspecified atom stereocenters. The van der Waals surface area contributed by atoms with E-state index in [1.165, 1.54) is 0 Å². The summed E-state index contributed by atoms with van der Waals surface area (Å²) in [7, 11) is 0. The molecule has 5 nitrogen and oxygen atoms in total. The van der Waals surface area contributed by atoms with Crippen molar-refractivity contribution < 1.29 is 19.3 Å². The third kappa shape index (κ3) is 5.40. The van der Waals surface area contributed by atoms with Gasteiger partial charge in [0.1, 0.15) is 13.1 Å². The van der Waals surface area contributed by atoms with Crippen LogP contribution in [0.5, 0.6) is 0 Å². The summed E-state index contributed by atoms with van der Waals surface area (Å²) in [6.07, 6.45) is 1.38. The number of carbonyl (C=O) groups is 2. The van der Waals surface area contributed by atoms with Crippen LogP contribution in [0.25, 0.3) is 0 Å². The van der Waals surface area contributed by atoms with E-state index >= 15 is 0 Å². The van der Waals surface area contributed by atoms with Crippen molar-refractivity contribution in [3.05, 3.63) is 0 Å². The summed E-state index contributed by atoms with van der Waals surface area (Å²) in [6, 6.07) is 0. The first kappa shape index (κ1) is 28.3. The van der Waals surface area contributed by atoms with Crippen LogP contribution in [0.1, 0.15) is 63.3 Å². The first-order valence-electron chi connectivity index (χ1n) is 6.32. The number of quaternary nitrogens is 1. The number of aliphatic hydroxyl groups is 1. The first-order valence-corrected chi connectivity index (χ1v) is 6.32. The molecular formula is C16H39N2O3+. The van der Waals surface area contributed by atoms with Crippen LogP contribution in [-0.2, 0) is 9.59 Å². The van der Waals surface area contributed by atoms with E-state index in [1.807, 2.05) is 20.8 Å². The molecule has 0 saturated carbocycles. The molecule has 1 aliphatic rings. The lowest BCUT2D eigenvalue weighted by Gasteiger charge is -2.49. The van der Waals surface area contributed by atoms with E-state index < -0.39 is 0 Å². The highest BCUT2D eigenvalue weighted by atomic mass is 16.3. The Labute approximate surface area is 132 Å². The van der Waals surface area contributed by atoms with E-state index in [2.05, 4.69) is 0 Å². The molecule has 1 N–H and O–H groups in total. The summed E-state index contributed by atoms with van der Waals surface area (Å²) in [4.78, 5) is 24.2. The lowest BCUT2D eigenvalue weighted by atomic mass is 10.1. The molecule has 0 atom stereocenters. The predicted octanol–water partition coefficient (Wildman–Crippen LogP) is 3.08. The van der Waals surface area contributed by atoms with Gasteiger partial charge < -0.3 is 5.11 Å². The van der Waals surface area contributed by atoms with Crippen molar-refractivity contribution in [3.8, 4) is 0 Å². The van der Waals surface area contributed by atoms with Gasteiger partial charge in [-0.1, -0.05) is 50.5 Å². The van der Waals surface area contributed by atoms with Gasteiger partial charge in [0, 0.05) is 5.92 Å². The van der Waals surface area contributed by atoms with E-state index in [0.29, 0.717) is 19.5 Å². The van der Waals surface area contributed by atoms with Gasteiger partial charge in [0.25, 0.3) is 5.91 Å². The minimum absolute atomic E-state index is 0. The van der Waals surface area contributed by atoms with E-state index in [1.54, 1.807) is 5.01 Å². The van der Waals surface area contributed by atoms with Crippen molar-refractivity contribution in [1.29, 1.82) is 0 Å². The fourth-order valence-electron chi connectivity index (χ4n) is 2.26. The summed E-state index contributed by atoms with van der Waals surface area (Å²) in [5, 5.41) is 10.6. The molecule has 1 aliphatic heterocycles. The van der Waals surface area contributed by atoms with Gasteiger partial charge in [-0.15, -0.1) is 0 Å². The molecular weight excluding hydrogens is 268 g/mol. The Hall–Kier alpha value is -0.940. The molecule has 2 amide bonds. The summed E-state index contributed by atoms with van der Waals surface area (Å²) in [5.74, 6) is -0.138. The van der Waals surface area contributed by atoms with Gasteiger partial charge in [-0.25, -0.2) is 4.79 Å². The van der Waals surface area contributed by atoms with Crippen LogP contribution in [0.2, 0.25) is 0 Å². The smallest absolute Gasteiger partial charge is 0.337 e. The van der Waals surface area contributed by atoms with Gasteiger partial charge in [-0.3, -0.25) is 4.79 Å². The van der Waals surface area contributed by atoms with Crippen LogP contribution in [0.3, 0.4) is 0 Å². The maximum atomic E-state index is 12.1. The summed E-state index contributed by atoms with van der Waals surface area (Å²) in [5.41, 5.74) is 0. The van der Waals surface area contributed by atoms with Crippen LogP contribution in [0.15, 0.2) is 0 Å². The van der Waals surface area contributed by atoms with E-state index in [9.17, 15) is 9.59 Å². The van der Waals surface area contributed by atoms with Crippen LogP contribution in [0.4, 0.5) is 0 Å². The number of nitrogens with zero attached hydrogens (tertiary/aromatic N) is 2. The standard InChI is InChI=1S/C12H23N2O3.4CH4/c1-4-11(16)14(7-5-8-14)13(6-9-15)12(17)10(2)3;;;;/h10,15H,4-9H2,1-3H3;4*1H4/q+1;;;;. The zero-order chi connectivity index (χ0) is 13.1. The van der Waals surface area contributed by atoms with Crippen molar-refractivity contribution in [2.24, 2.45) is 5.92 Å². The summed E-state index contributed by atoms with van der Waals surface area (Å²) < 4.78 is 0.119. The van der Waals surface area contributed by atoms with E-state index in [4.69, 9.17) is 5.11 Å². The molecule has 1 saturated heterocycles. The Morgan fingerprint density at radius 3 is 1.86 bits per heavy atom. The molecule has 21 heavy (non-hydrogen) atoms. The normalized spacial score (nSPS) is 14.3. The third-order valence-corrected chi connectivity index (χ3v) is 3.34. The molecule has 0 aromatic rings. The Balaban J connectivity index is -0.000000361. The Morgan fingerprint density at radius 2 is 1.62 bits per heavy atom. The van der Waals surface area contributed by atoms with Crippen LogP contribution < -0.4 is 0 Å². The lowest BCUT2D eigenvalue weighted by Crippen LogP contribution is -2.72. The number of rotatable bonds is 4. The van der Waals surface area contributed by atoms with Gasteiger partial charge >= 0.3 is 5.91 Å². The first-order chi connectivity index (χ1) is 7.99. The molecule has 0 aromatic carbocycles. The largest absolute Gasteiger partial charge is 0.394 e. The van der Waals surface area contributed by atoms with Crippen molar-refractivity contribution >= 4 is 11.8 Å². The average molecular weight is 307 g/mol. The number of hydrogen-bond acceptors (Lipinski definition) is 3. The lowest BCUT2D eigenvalue weighted by molar-refractivity contribution is -0.989. The van der Waals surface area contributed by atoms with Crippen molar-refractivity contribution in [3.63, 3.8) is 0 Å². The highest BCUT2D eigenvalue weighted by molar-refractivity contribution is 5.79. The van der Waals surface area contributed by atoms with Gasteiger partial charge in [-0.05, 0) is 0 Å². The van der Waals surface area contributed by atoms with Crippen LogP contribution in [0, 0.1) is 5.92 Å². The second kappa shape index (κ2) is 11.7. The second-order valence-corrected chi connectivity index (χ2v) is 4.81. The molecule has 1 fully saturated rings. The maximum absolute atomic E-state index is 12.1. The van der Waals surface area contributed by atoms with Crippen molar-refractivity contribution in [2.45, 2.75) is 63.3 Å². The Kier molecular flexibility index (Phi) is 15.7. The third-order valence-electron chi connectivity index (χ3n) is 3.34. The molecule has 130 valence electrons. The quantitative estimate of drug-likeness (QED) is 0.812. The molecule has 0 aliphatic carbocycles.